The summed E-state index contributed by atoms with van der Waals surface area (Å²) in [5.74, 6) is 1.53. The van der Waals surface area contributed by atoms with E-state index in [0.717, 1.165) is 18.6 Å². The molecule has 2 aliphatic rings. The van der Waals surface area contributed by atoms with Gasteiger partial charge in [-0.2, -0.15) is 0 Å². The zero-order valence-corrected chi connectivity index (χ0v) is 16.7. The van der Waals surface area contributed by atoms with Gasteiger partial charge < -0.3 is 19.4 Å². The van der Waals surface area contributed by atoms with Gasteiger partial charge in [0.2, 0.25) is 0 Å². The summed E-state index contributed by atoms with van der Waals surface area (Å²) >= 11 is 0. The normalized spacial score (nSPS) is 27.8. The zero-order valence-electron chi connectivity index (χ0n) is 13.8. The Morgan fingerprint density at radius 3 is 2.91 bits per heavy atom. The van der Waals surface area contributed by atoms with Gasteiger partial charge in [0.25, 0.3) is 0 Å². The molecule has 0 unspecified atom stereocenters. The number of carbonyl (C=O) groups is 1. The molecule has 23 heavy (non-hydrogen) atoms. The number of aliphatic hydroxyl groups excluding tert-OH is 1. The van der Waals surface area contributed by atoms with E-state index in [1.807, 2.05) is 0 Å². The molecule has 5 heteroatoms. The molecule has 1 heterocycles. The molecular weight excluding hydrogens is 369 g/mol. The summed E-state index contributed by atoms with van der Waals surface area (Å²) in [5, 5.41) is 10.2. The standard InChI is InChI=1S/C18H24O4.Y/c1-11(19)5-3-6-12-7-4-8-13-17-14(10-21-2)15(20)9-16(17)22-18(12)13;/h4,7-8,14-17,20H,3,5-6,9-10H2,1-2H3;/t14-,15+,16-,17+;/m0./s1. The number of hydrogen-bond donors (Lipinski definition) is 1. The molecule has 1 radical (unpaired) electrons. The molecule has 0 aromatic heterocycles. The van der Waals surface area contributed by atoms with Gasteiger partial charge in [0.1, 0.15) is 17.6 Å². The van der Waals surface area contributed by atoms with E-state index >= 15 is 0 Å². The summed E-state index contributed by atoms with van der Waals surface area (Å²) in [7, 11) is 1.68. The van der Waals surface area contributed by atoms with Crippen molar-refractivity contribution in [1.29, 1.82) is 0 Å². The Hall–Kier alpha value is -0.286. The SMILES string of the molecule is COC[C@@H]1[C@H]2c3cccc(CCCC(C)=O)c3O[C@H]2C[C@H]1O.[Y]. The molecule has 3 rings (SSSR count). The van der Waals surface area contributed by atoms with Crippen LogP contribution in [0.4, 0.5) is 0 Å². The van der Waals surface area contributed by atoms with E-state index in [1.165, 1.54) is 11.1 Å². The third-order valence-electron chi connectivity index (χ3n) is 4.92. The molecule has 1 aliphatic carbocycles. The Bertz CT molecular complexity index is 560. The fraction of sp³-hybridized carbons (Fsp3) is 0.611. The van der Waals surface area contributed by atoms with Crippen molar-refractivity contribution in [3.63, 3.8) is 0 Å². The summed E-state index contributed by atoms with van der Waals surface area (Å²) < 4.78 is 11.5. The fourth-order valence-corrected chi connectivity index (χ4v) is 3.92. The van der Waals surface area contributed by atoms with E-state index in [0.29, 0.717) is 19.4 Å². The smallest absolute Gasteiger partial charge is 0.129 e. The van der Waals surface area contributed by atoms with Crippen molar-refractivity contribution in [2.45, 2.75) is 50.7 Å². The summed E-state index contributed by atoms with van der Waals surface area (Å²) in [4.78, 5) is 11.1. The molecule has 0 amide bonds. The third kappa shape index (κ3) is 3.87. The Labute approximate surface area is 162 Å². The predicted molar refractivity (Wildman–Crippen MR) is 83.2 cm³/mol. The molecule has 0 spiro atoms. The predicted octanol–water partition coefficient (Wildman–Crippen LogP) is 2.47. The first-order chi connectivity index (χ1) is 10.6. The first kappa shape index (κ1) is 19.0. The van der Waals surface area contributed by atoms with E-state index < -0.39 is 0 Å². The number of rotatable bonds is 6. The van der Waals surface area contributed by atoms with Crippen molar-refractivity contribution in [2.75, 3.05) is 13.7 Å². The quantitative estimate of drug-likeness (QED) is 0.807. The monoisotopic (exact) mass is 393 g/mol. The van der Waals surface area contributed by atoms with Crippen molar-refractivity contribution in [3.05, 3.63) is 29.3 Å². The van der Waals surface area contributed by atoms with Crippen molar-refractivity contribution in [3.8, 4) is 5.75 Å². The van der Waals surface area contributed by atoms with Crippen LogP contribution in [0.1, 0.15) is 43.2 Å². The maximum absolute atomic E-state index is 11.1. The number of Topliss-reactive ketones (excluding diaryl/α,β-unsaturated/α-hetero) is 1. The molecule has 1 saturated carbocycles. The van der Waals surface area contributed by atoms with Crippen LogP contribution < -0.4 is 4.74 Å². The maximum Gasteiger partial charge on any atom is 0.129 e. The number of ether oxygens (including phenoxy) is 2. The van der Waals surface area contributed by atoms with Crippen LogP contribution in [-0.4, -0.2) is 36.8 Å². The fourth-order valence-electron chi connectivity index (χ4n) is 3.92. The third-order valence-corrected chi connectivity index (χ3v) is 4.92. The topological polar surface area (TPSA) is 55.8 Å². The Morgan fingerprint density at radius 2 is 2.22 bits per heavy atom. The molecule has 0 saturated heterocycles. The minimum atomic E-state index is -0.357. The van der Waals surface area contributed by atoms with Crippen LogP contribution >= 0.6 is 0 Å². The molecule has 0 bridgehead atoms. The number of fused-ring (bicyclic) bond motifs is 3. The number of para-hydroxylation sites is 1. The number of aliphatic hydroxyl groups is 1. The number of ketones is 1. The number of carbonyl (C=O) groups excluding carboxylic acids is 1. The van der Waals surface area contributed by atoms with Gasteiger partial charge in [0.15, 0.2) is 0 Å². The van der Waals surface area contributed by atoms with E-state index in [2.05, 4.69) is 18.2 Å². The van der Waals surface area contributed by atoms with E-state index in [9.17, 15) is 9.90 Å². The summed E-state index contributed by atoms with van der Waals surface area (Å²) in [5.41, 5.74) is 2.38. The molecule has 1 aromatic carbocycles. The Morgan fingerprint density at radius 1 is 1.43 bits per heavy atom. The second-order valence-electron chi connectivity index (χ2n) is 6.50. The van der Waals surface area contributed by atoms with Gasteiger partial charge in [-0.3, -0.25) is 0 Å². The second-order valence-corrected chi connectivity index (χ2v) is 6.50. The number of methoxy groups -OCH3 is 1. The maximum atomic E-state index is 11.1. The van der Waals surface area contributed by atoms with Crippen molar-refractivity contribution in [2.24, 2.45) is 5.92 Å². The largest absolute Gasteiger partial charge is 0.489 e. The molecule has 1 fully saturated rings. The van der Waals surface area contributed by atoms with Crippen LogP contribution in [0.3, 0.4) is 0 Å². The molecule has 4 nitrogen and oxygen atoms in total. The molecule has 1 N–H and O–H groups in total. The van der Waals surface area contributed by atoms with Crippen LogP contribution in [0, 0.1) is 5.92 Å². The van der Waals surface area contributed by atoms with Gasteiger partial charge in [-0.15, -0.1) is 0 Å². The van der Waals surface area contributed by atoms with Crippen LogP contribution in [0.5, 0.6) is 5.75 Å². The molecule has 123 valence electrons. The minimum absolute atomic E-state index is 0. The van der Waals surface area contributed by atoms with Gasteiger partial charge in [-0.1, -0.05) is 18.2 Å². The summed E-state index contributed by atoms with van der Waals surface area (Å²) in [6.45, 7) is 2.19. The molecule has 1 aromatic rings. The van der Waals surface area contributed by atoms with E-state index in [4.69, 9.17) is 9.47 Å². The van der Waals surface area contributed by atoms with E-state index in [-0.39, 0.29) is 62.5 Å². The van der Waals surface area contributed by atoms with Crippen molar-refractivity contribution >= 4 is 5.78 Å². The molecular formula is C18H24O4Y. The summed E-state index contributed by atoms with van der Waals surface area (Å²) in [6, 6.07) is 6.25. The number of benzene rings is 1. The van der Waals surface area contributed by atoms with E-state index in [1.54, 1.807) is 14.0 Å². The van der Waals surface area contributed by atoms with Crippen LogP contribution in [0.15, 0.2) is 18.2 Å². The minimum Gasteiger partial charge on any atom is -0.489 e. The van der Waals surface area contributed by atoms with Crippen LogP contribution in [-0.2, 0) is 48.7 Å². The van der Waals surface area contributed by atoms with Crippen LogP contribution in [0.25, 0.3) is 0 Å². The van der Waals surface area contributed by atoms with Crippen molar-refractivity contribution in [1.82, 2.24) is 0 Å². The first-order valence-corrected chi connectivity index (χ1v) is 8.06. The average Bonchev–Trinajstić information content (AvgIpc) is 2.96. The molecule has 1 aliphatic heterocycles. The van der Waals surface area contributed by atoms with Gasteiger partial charge in [0.05, 0.1) is 12.7 Å². The summed E-state index contributed by atoms with van der Waals surface area (Å²) in [6.07, 6.45) is 2.69. The molecule has 4 atom stereocenters. The average molecular weight is 393 g/mol. The second kappa shape index (κ2) is 8.20. The number of hydrogen-bond acceptors (Lipinski definition) is 4. The Kier molecular flexibility index (Phi) is 6.79. The zero-order chi connectivity index (χ0) is 15.7. The Balaban J connectivity index is 0.00000192. The number of aryl methyl sites for hydroxylation is 1. The van der Waals surface area contributed by atoms with Gasteiger partial charge in [0, 0.05) is 70.1 Å². The first-order valence-electron chi connectivity index (χ1n) is 8.06. The van der Waals surface area contributed by atoms with Gasteiger partial charge in [-0.25, -0.2) is 0 Å². The van der Waals surface area contributed by atoms with Crippen molar-refractivity contribution < 1.29 is 52.1 Å². The van der Waals surface area contributed by atoms with Gasteiger partial charge in [-0.05, 0) is 25.3 Å². The van der Waals surface area contributed by atoms with Gasteiger partial charge >= 0.3 is 0 Å². The van der Waals surface area contributed by atoms with Crippen LogP contribution in [0.2, 0.25) is 0 Å².